The van der Waals surface area contributed by atoms with Crippen LogP contribution in [0, 0.1) is 6.92 Å². The summed E-state index contributed by atoms with van der Waals surface area (Å²) in [5.74, 6) is 1.47. The van der Waals surface area contributed by atoms with Gasteiger partial charge in [-0.15, -0.1) is 0 Å². The molecule has 0 aliphatic carbocycles. The van der Waals surface area contributed by atoms with Crippen LogP contribution in [0.1, 0.15) is 23.6 Å². The fourth-order valence-corrected chi connectivity index (χ4v) is 2.72. The van der Waals surface area contributed by atoms with Crippen LogP contribution in [0.5, 0.6) is 11.5 Å². The van der Waals surface area contributed by atoms with E-state index in [0.717, 1.165) is 16.6 Å². The molecule has 0 aliphatic heterocycles. The van der Waals surface area contributed by atoms with Gasteiger partial charge in [0, 0.05) is 10.0 Å². The van der Waals surface area contributed by atoms with E-state index in [4.69, 9.17) is 15.2 Å². The zero-order valence-corrected chi connectivity index (χ0v) is 16.4. The van der Waals surface area contributed by atoms with Gasteiger partial charge in [-0.05, 0) is 54.8 Å². The lowest BCUT2D eigenvalue weighted by Crippen LogP contribution is -2.24. The van der Waals surface area contributed by atoms with Crippen LogP contribution >= 0.6 is 15.9 Å². The standard InChI is InChI=1S/C19H22BrN3O3/c1-3-14-8-13(2)9-17(10-14)25-6-7-26-18-5-4-16(20)11-15(18)12-22-23-19(21)24/h4-5,8-12H,3,6-7H2,1-2H3,(H3,21,23,24)/b22-12+. The average Bonchev–Trinajstić information content (AvgIpc) is 2.59. The van der Waals surface area contributed by atoms with Crippen LogP contribution < -0.4 is 20.6 Å². The lowest BCUT2D eigenvalue weighted by atomic mass is 10.1. The number of hydrogen-bond donors (Lipinski definition) is 2. The summed E-state index contributed by atoms with van der Waals surface area (Å²) in [6.45, 7) is 4.96. The first kappa shape index (κ1) is 19.8. The number of carbonyl (C=O) groups excluding carboxylic acids is 1. The molecule has 7 heteroatoms. The molecule has 6 nitrogen and oxygen atoms in total. The molecule has 0 unspecified atom stereocenters. The van der Waals surface area contributed by atoms with E-state index >= 15 is 0 Å². The number of nitrogens with two attached hydrogens (primary N) is 1. The normalized spacial score (nSPS) is 10.7. The molecule has 3 N–H and O–H groups in total. The van der Waals surface area contributed by atoms with Crippen LogP contribution in [-0.2, 0) is 6.42 Å². The van der Waals surface area contributed by atoms with Crippen molar-refractivity contribution in [2.45, 2.75) is 20.3 Å². The smallest absolute Gasteiger partial charge is 0.332 e. The zero-order chi connectivity index (χ0) is 18.9. The second-order valence-corrected chi connectivity index (χ2v) is 6.54. The van der Waals surface area contributed by atoms with Crippen LogP contribution in [0.15, 0.2) is 46.0 Å². The van der Waals surface area contributed by atoms with E-state index in [0.29, 0.717) is 24.5 Å². The molecule has 0 spiro atoms. The Hall–Kier alpha value is -2.54. The van der Waals surface area contributed by atoms with E-state index in [1.807, 2.05) is 30.3 Å². The van der Waals surface area contributed by atoms with Crippen molar-refractivity contribution < 1.29 is 14.3 Å². The van der Waals surface area contributed by atoms with Gasteiger partial charge in [0.15, 0.2) is 0 Å². The highest BCUT2D eigenvalue weighted by Crippen LogP contribution is 2.22. The maximum atomic E-state index is 10.7. The predicted octanol–water partition coefficient (Wildman–Crippen LogP) is 3.78. The fraction of sp³-hybridized carbons (Fsp3) is 0.263. The van der Waals surface area contributed by atoms with Crippen molar-refractivity contribution in [3.05, 3.63) is 57.6 Å². The molecule has 0 fully saturated rings. The number of amides is 2. The summed E-state index contributed by atoms with van der Waals surface area (Å²) < 4.78 is 12.4. The van der Waals surface area contributed by atoms with Crippen LogP contribution in [0.2, 0.25) is 0 Å². The molecular weight excluding hydrogens is 398 g/mol. The minimum absolute atomic E-state index is 0.376. The highest BCUT2D eigenvalue weighted by atomic mass is 79.9. The average molecular weight is 420 g/mol. The minimum atomic E-state index is -0.725. The van der Waals surface area contributed by atoms with Crippen molar-refractivity contribution in [2.24, 2.45) is 10.8 Å². The summed E-state index contributed by atoms with van der Waals surface area (Å²) in [5, 5.41) is 3.77. The Morgan fingerprint density at radius 2 is 2.00 bits per heavy atom. The number of ether oxygens (including phenoxy) is 2. The largest absolute Gasteiger partial charge is 0.490 e. The number of aryl methyl sites for hydroxylation is 2. The van der Waals surface area contributed by atoms with E-state index in [1.54, 1.807) is 0 Å². The molecule has 0 atom stereocenters. The molecule has 0 bridgehead atoms. The quantitative estimate of drug-likeness (QED) is 0.387. The SMILES string of the molecule is CCc1cc(C)cc(OCCOc2ccc(Br)cc2/C=N/NC(N)=O)c1. The molecule has 0 aromatic heterocycles. The highest BCUT2D eigenvalue weighted by molar-refractivity contribution is 9.10. The Morgan fingerprint density at radius 3 is 2.73 bits per heavy atom. The van der Waals surface area contributed by atoms with Gasteiger partial charge in [-0.25, -0.2) is 10.2 Å². The summed E-state index contributed by atoms with van der Waals surface area (Å²) in [5.41, 5.74) is 10.3. The lowest BCUT2D eigenvalue weighted by Gasteiger charge is -2.12. The minimum Gasteiger partial charge on any atom is -0.490 e. The number of benzene rings is 2. The van der Waals surface area contributed by atoms with Gasteiger partial charge in [-0.2, -0.15) is 5.10 Å². The van der Waals surface area contributed by atoms with Crippen LogP contribution in [0.4, 0.5) is 4.79 Å². The number of nitrogens with one attached hydrogen (secondary N) is 1. The van der Waals surface area contributed by atoms with Crippen molar-refractivity contribution >= 4 is 28.2 Å². The molecule has 0 aliphatic rings. The fourth-order valence-electron chi connectivity index (χ4n) is 2.34. The van der Waals surface area contributed by atoms with Gasteiger partial charge in [-0.3, -0.25) is 0 Å². The van der Waals surface area contributed by atoms with Crippen molar-refractivity contribution in [2.75, 3.05) is 13.2 Å². The first-order valence-electron chi connectivity index (χ1n) is 8.22. The third-order valence-electron chi connectivity index (χ3n) is 3.48. The highest BCUT2D eigenvalue weighted by Gasteiger charge is 2.04. The van der Waals surface area contributed by atoms with Crippen molar-refractivity contribution in [3.63, 3.8) is 0 Å². The zero-order valence-electron chi connectivity index (χ0n) is 14.8. The Morgan fingerprint density at radius 1 is 1.23 bits per heavy atom. The first-order chi connectivity index (χ1) is 12.5. The van der Waals surface area contributed by atoms with Gasteiger partial charge >= 0.3 is 6.03 Å². The number of primary amides is 1. The summed E-state index contributed by atoms with van der Waals surface area (Å²) >= 11 is 3.40. The molecule has 2 aromatic carbocycles. The van der Waals surface area contributed by atoms with Gasteiger partial charge < -0.3 is 15.2 Å². The number of nitrogens with zero attached hydrogens (tertiary/aromatic N) is 1. The predicted molar refractivity (Wildman–Crippen MR) is 106 cm³/mol. The maximum absolute atomic E-state index is 10.7. The lowest BCUT2D eigenvalue weighted by molar-refractivity contribution is 0.217. The van der Waals surface area contributed by atoms with E-state index in [-0.39, 0.29) is 0 Å². The number of halogens is 1. The van der Waals surface area contributed by atoms with Gasteiger partial charge in [0.1, 0.15) is 24.7 Å². The summed E-state index contributed by atoms with van der Waals surface area (Å²) in [4.78, 5) is 10.7. The van der Waals surface area contributed by atoms with Crippen molar-refractivity contribution in [3.8, 4) is 11.5 Å². The van der Waals surface area contributed by atoms with Crippen molar-refractivity contribution in [1.29, 1.82) is 0 Å². The Balaban J connectivity index is 1.94. The first-order valence-corrected chi connectivity index (χ1v) is 9.01. The summed E-state index contributed by atoms with van der Waals surface area (Å²) in [7, 11) is 0. The monoisotopic (exact) mass is 419 g/mol. The molecule has 0 heterocycles. The molecule has 26 heavy (non-hydrogen) atoms. The van der Waals surface area contributed by atoms with Gasteiger partial charge in [-0.1, -0.05) is 28.9 Å². The van der Waals surface area contributed by atoms with Gasteiger partial charge in [0.2, 0.25) is 0 Å². The second kappa shape index (κ2) is 9.82. The Bertz CT molecular complexity index is 794. The third kappa shape index (κ3) is 6.40. The van der Waals surface area contributed by atoms with E-state index < -0.39 is 6.03 Å². The summed E-state index contributed by atoms with van der Waals surface area (Å²) in [6, 6.07) is 11.0. The molecular formula is C19H22BrN3O3. The number of hydrogen-bond acceptors (Lipinski definition) is 4. The van der Waals surface area contributed by atoms with Crippen LogP contribution in [0.25, 0.3) is 0 Å². The van der Waals surface area contributed by atoms with Gasteiger partial charge in [0.05, 0.1) is 6.21 Å². The van der Waals surface area contributed by atoms with E-state index in [2.05, 4.69) is 46.4 Å². The Labute approximate surface area is 161 Å². The number of urea groups is 1. The molecule has 0 saturated carbocycles. The molecule has 0 radical (unpaired) electrons. The molecule has 2 amide bonds. The summed E-state index contributed by atoms with van der Waals surface area (Å²) in [6.07, 6.45) is 2.44. The van der Waals surface area contributed by atoms with E-state index in [9.17, 15) is 4.79 Å². The molecule has 2 rings (SSSR count). The van der Waals surface area contributed by atoms with Crippen LogP contribution in [0.3, 0.4) is 0 Å². The Kier molecular flexibility index (Phi) is 7.47. The number of rotatable bonds is 8. The van der Waals surface area contributed by atoms with E-state index in [1.165, 1.54) is 17.3 Å². The number of carbonyl (C=O) groups is 1. The second-order valence-electron chi connectivity index (χ2n) is 5.62. The maximum Gasteiger partial charge on any atom is 0.332 e. The van der Waals surface area contributed by atoms with Crippen LogP contribution in [-0.4, -0.2) is 25.5 Å². The topological polar surface area (TPSA) is 85.9 Å². The van der Waals surface area contributed by atoms with Gasteiger partial charge in [0.25, 0.3) is 0 Å². The third-order valence-corrected chi connectivity index (χ3v) is 3.97. The molecule has 2 aromatic rings. The van der Waals surface area contributed by atoms with Crippen molar-refractivity contribution in [1.82, 2.24) is 5.43 Å². The number of hydrazone groups is 1. The molecule has 138 valence electrons. The molecule has 0 saturated heterocycles.